The Morgan fingerprint density at radius 3 is 2.67 bits per heavy atom. The van der Waals surface area contributed by atoms with Crippen LogP contribution in [0.5, 0.6) is 0 Å². The van der Waals surface area contributed by atoms with Gasteiger partial charge in [-0.15, -0.1) is 0 Å². The number of aryl methyl sites for hydroxylation is 1. The second kappa shape index (κ2) is 5.44. The van der Waals surface area contributed by atoms with Crippen LogP contribution in [-0.4, -0.2) is 4.98 Å². The first-order valence-electron chi connectivity index (χ1n) is 5.44. The Morgan fingerprint density at radius 1 is 1.28 bits per heavy atom. The van der Waals surface area contributed by atoms with Gasteiger partial charge in [0.1, 0.15) is 5.82 Å². The van der Waals surface area contributed by atoms with Crippen LogP contribution in [0.2, 0.25) is 5.02 Å². The molecule has 0 fully saturated rings. The van der Waals surface area contributed by atoms with Crippen LogP contribution in [0.15, 0.2) is 36.7 Å². The van der Waals surface area contributed by atoms with Crippen LogP contribution >= 0.6 is 11.6 Å². The third kappa shape index (κ3) is 2.67. The van der Waals surface area contributed by atoms with Gasteiger partial charge in [-0.05, 0) is 35.7 Å². The van der Waals surface area contributed by atoms with Gasteiger partial charge in [0.2, 0.25) is 0 Å². The summed E-state index contributed by atoms with van der Waals surface area (Å²) in [5, 5.41) is 0.0943. The molecule has 0 aliphatic carbocycles. The van der Waals surface area contributed by atoms with Crippen molar-refractivity contribution in [3.8, 4) is 0 Å². The number of hydrogen-bond donors (Lipinski definition) is 2. The van der Waals surface area contributed by atoms with Crippen molar-refractivity contribution in [2.24, 2.45) is 5.84 Å². The van der Waals surface area contributed by atoms with Crippen molar-refractivity contribution in [1.82, 2.24) is 10.4 Å². The molecule has 1 unspecified atom stereocenters. The molecule has 0 bridgehead atoms. The van der Waals surface area contributed by atoms with Crippen molar-refractivity contribution in [3.63, 3.8) is 0 Å². The first-order valence-corrected chi connectivity index (χ1v) is 5.82. The maximum atomic E-state index is 13.5. The van der Waals surface area contributed by atoms with Crippen LogP contribution in [0, 0.1) is 12.7 Å². The SMILES string of the molecule is Cc1cncc(C(NN)c2ccc(Cl)c(F)c2)c1. The first-order chi connectivity index (χ1) is 8.61. The van der Waals surface area contributed by atoms with Crippen LogP contribution in [0.25, 0.3) is 0 Å². The topological polar surface area (TPSA) is 50.9 Å². The average molecular weight is 266 g/mol. The number of aromatic nitrogens is 1. The lowest BCUT2D eigenvalue weighted by Crippen LogP contribution is -2.29. The number of rotatable bonds is 3. The number of nitrogens with zero attached hydrogens (tertiary/aromatic N) is 1. The lowest BCUT2D eigenvalue weighted by Gasteiger charge is -2.17. The van der Waals surface area contributed by atoms with Gasteiger partial charge in [-0.25, -0.2) is 9.82 Å². The van der Waals surface area contributed by atoms with E-state index in [9.17, 15) is 4.39 Å². The predicted molar refractivity (Wildman–Crippen MR) is 69.6 cm³/mol. The van der Waals surface area contributed by atoms with E-state index in [1.807, 2.05) is 13.0 Å². The summed E-state index contributed by atoms with van der Waals surface area (Å²) < 4.78 is 13.5. The van der Waals surface area contributed by atoms with Crippen LogP contribution < -0.4 is 11.3 Å². The zero-order valence-electron chi connectivity index (χ0n) is 9.82. The molecule has 0 amide bonds. The van der Waals surface area contributed by atoms with E-state index in [1.54, 1.807) is 18.5 Å². The standard InChI is InChI=1S/C13H13ClFN3/c1-8-4-10(7-17-6-8)13(18-16)9-2-3-11(14)12(15)5-9/h2-7,13,18H,16H2,1H3. The van der Waals surface area contributed by atoms with Gasteiger partial charge < -0.3 is 0 Å². The summed E-state index contributed by atoms with van der Waals surface area (Å²) in [6.45, 7) is 1.94. The Bertz CT molecular complexity index is 560. The smallest absolute Gasteiger partial charge is 0.142 e. The third-order valence-electron chi connectivity index (χ3n) is 2.67. The number of benzene rings is 1. The van der Waals surface area contributed by atoms with Gasteiger partial charge in [0.05, 0.1) is 11.1 Å². The molecule has 2 rings (SSSR count). The summed E-state index contributed by atoms with van der Waals surface area (Å²) in [6.07, 6.45) is 3.45. The van der Waals surface area contributed by atoms with Gasteiger partial charge in [-0.2, -0.15) is 0 Å². The number of hydrogen-bond acceptors (Lipinski definition) is 3. The molecule has 3 N–H and O–H groups in total. The molecule has 94 valence electrons. The molecule has 1 atom stereocenters. The largest absolute Gasteiger partial charge is 0.271 e. The van der Waals surface area contributed by atoms with Gasteiger partial charge in [0, 0.05) is 12.4 Å². The van der Waals surface area contributed by atoms with Gasteiger partial charge in [-0.1, -0.05) is 23.7 Å². The molecule has 1 aromatic carbocycles. The second-order valence-electron chi connectivity index (χ2n) is 4.07. The Hall–Kier alpha value is -1.49. The third-order valence-corrected chi connectivity index (χ3v) is 2.98. The fraction of sp³-hybridized carbons (Fsp3) is 0.154. The van der Waals surface area contributed by atoms with Crippen molar-refractivity contribution in [3.05, 3.63) is 64.2 Å². The van der Waals surface area contributed by atoms with Crippen molar-refractivity contribution in [1.29, 1.82) is 0 Å². The Morgan fingerprint density at radius 2 is 2.06 bits per heavy atom. The highest BCUT2D eigenvalue weighted by molar-refractivity contribution is 6.30. The molecule has 1 aromatic heterocycles. The molecular weight excluding hydrogens is 253 g/mol. The fourth-order valence-corrected chi connectivity index (χ4v) is 1.93. The Kier molecular flexibility index (Phi) is 3.91. The van der Waals surface area contributed by atoms with Crippen LogP contribution in [0.3, 0.4) is 0 Å². The van der Waals surface area contributed by atoms with Crippen molar-refractivity contribution < 1.29 is 4.39 Å². The zero-order chi connectivity index (χ0) is 13.1. The molecule has 5 heteroatoms. The molecule has 0 aliphatic heterocycles. The summed E-state index contributed by atoms with van der Waals surface area (Å²) in [5.41, 5.74) is 5.25. The zero-order valence-corrected chi connectivity index (χ0v) is 10.6. The molecule has 2 aromatic rings. The summed E-state index contributed by atoms with van der Waals surface area (Å²) in [7, 11) is 0. The minimum Gasteiger partial charge on any atom is -0.271 e. The number of nitrogens with two attached hydrogens (primary N) is 1. The molecule has 0 saturated heterocycles. The second-order valence-corrected chi connectivity index (χ2v) is 4.48. The monoisotopic (exact) mass is 265 g/mol. The molecule has 0 spiro atoms. The maximum Gasteiger partial charge on any atom is 0.142 e. The number of hydrazine groups is 1. The van der Waals surface area contributed by atoms with Gasteiger partial charge in [-0.3, -0.25) is 10.8 Å². The molecule has 3 nitrogen and oxygen atoms in total. The van der Waals surface area contributed by atoms with E-state index in [2.05, 4.69) is 10.4 Å². The van der Waals surface area contributed by atoms with E-state index in [4.69, 9.17) is 17.4 Å². The van der Waals surface area contributed by atoms with Crippen LogP contribution in [0.4, 0.5) is 4.39 Å². The van der Waals surface area contributed by atoms with E-state index in [-0.39, 0.29) is 11.1 Å². The van der Waals surface area contributed by atoms with Crippen LogP contribution in [-0.2, 0) is 0 Å². The van der Waals surface area contributed by atoms with E-state index in [0.717, 1.165) is 11.1 Å². The van der Waals surface area contributed by atoms with Crippen molar-refractivity contribution in [2.75, 3.05) is 0 Å². The fourth-order valence-electron chi connectivity index (χ4n) is 1.81. The molecule has 18 heavy (non-hydrogen) atoms. The van der Waals surface area contributed by atoms with E-state index >= 15 is 0 Å². The summed E-state index contributed by atoms with van der Waals surface area (Å²) in [5.74, 6) is 5.08. The highest BCUT2D eigenvalue weighted by atomic mass is 35.5. The highest BCUT2D eigenvalue weighted by Gasteiger charge is 2.14. The summed E-state index contributed by atoms with van der Waals surface area (Å²) in [4.78, 5) is 4.10. The lowest BCUT2D eigenvalue weighted by atomic mass is 10.00. The number of pyridine rings is 1. The number of halogens is 2. The van der Waals surface area contributed by atoms with Gasteiger partial charge >= 0.3 is 0 Å². The normalized spacial score (nSPS) is 12.4. The average Bonchev–Trinajstić information content (AvgIpc) is 2.35. The molecule has 0 saturated carbocycles. The van der Waals surface area contributed by atoms with E-state index in [0.29, 0.717) is 5.56 Å². The molecule has 1 heterocycles. The summed E-state index contributed by atoms with van der Waals surface area (Å²) >= 11 is 5.66. The van der Waals surface area contributed by atoms with Crippen LogP contribution in [0.1, 0.15) is 22.7 Å². The maximum absolute atomic E-state index is 13.5. The van der Waals surface area contributed by atoms with Crippen molar-refractivity contribution in [2.45, 2.75) is 13.0 Å². The van der Waals surface area contributed by atoms with E-state index in [1.165, 1.54) is 12.1 Å². The Balaban J connectivity index is 2.42. The van der Waals surface area contributed by atoms with Gasteiger partial charge in [0.25, 0.3) is 0 Å². The predicted octanol–water partition coefficient (Wildman–Crippen LogP) is 2.74. The highest BCUT2D eigenvalue weighted by Crippen LogP contribution is 2.24. The molecule has 0 aliphatic rings. The quantitative estimate of drug-likeness (QED) is 0.663. The minimum absolute atomic E-state index is 0.0943. The summed E-state index contributed by atoms with van der Waals surface area (Å²) in [6, 6.07) is 6.25. The van der Waals surface area contributed by atoms with E-state index < -0.39 is 5.82 Å². The Labute approximate surface area is 110 Å². The van der Waals surface area contributed by atoms with Crippen molar-refractivity contribution >= 4 is 11.6 Å². The molecule has 0 radical (unpaired) electrons. The molecular formula is C13H13ClFN3. The number of nitrogens with one attached hydrogen (secondary N) is 1. The minimum atomic E-state index is -0.463. The van der Waals surface area contributed by atoms with Gasteiger partial charge in [0.15, 0.2) is 0 Å². The first kappa shape index (κ1) is 13.0. The lowest BCUT2D eigenvalue weighted by molar-refractivity contribution is 0.604.